The summed E-state index contributed by atoms with van der Waals surface area (Å²) in [7, 11) is 1.67. The lowest BCUT2D eigenvalue weighted by Crippen LogP contribution is -2.56. The monoisotopic (exact) mass is 424 g/mol. The first-order chi connectivity index (χ1) is 12.3. The maximum atomic E-state index is 12.6. The van der Waals surface area contributed by atoms with E-state index in [-0.39, 0.29) is 18.4 Å². The molecule has 7 heteroatoms. The molecule has 1 fully saturated rings. The summed E-state index contributed by atoms with van der Waals surface area (Å²) in [5, 5.41) is 2.75. The van der Waals surface area contributed by atoms with Crippen LogP contribution < -0.4 is 5.32 Å². The van der Waals surface area contributed by atoms with Crippen LogP contribution in [0.2, 0.25) is 0 Å². The predicted octanol–water partition coefficient (Wildman–Crippen LogP) is 2.79. The number of amides is 2. The molecule has 2 amide bonds. The first kappa shape index (κ1) is 20.4. The quantitative estimate of drug-likeness (QED) is 0.712. The van der Waals surface area contributed by atoms with Crippen molar-refractivity contribution in [3.05, 3.63) is 34.3 Å². The molecule has 0 atom stereocenters. The SMILES string of the molecule is CC(=O)NC1(C(=O)OCC(=O)N(C)Cc2ccccc2Br)CCCCC1. The highest BCUT2D eigenvalue weighted by atomic mass is 79.9. The fraction of sp³-hybridized carbons (Fsp3) is 0.526. The molecular weight excluding hydrogens is 400 g/mol. The van der Waals surface area contributed by atoms with Crippen molar-refractivity contribution < 1.29 is 19.1 Å². The summed E-state index contributed by atoms with van der Waals surface area (Å²) < 4.78 is 6.20. The Morgan fingerprint density at radius 3 is 2.46 bits per heavy atom. The fourth-order valence-corrected chi connectivity index (χ4v) is 3.63. The standard InChI is InChI=1S/C19H25BrN2O4/c1-14(23)21-19(10-6-3-7-11-19)18(25)26-13-17(24)22(2)12-15-8-4-5-9-16(15)20/h4-5,8-9H,3,6-7,10-13H2,1-2H3,(H,21,23). The van der Waals surface area contributed by atoms with Gasteiger partial charge in [-0.1, -0.05) is 53.4 Å². The van der Waals surface area contributed by atoms with Crippen LogP contribution >= 0.6 is 15.9 Å². The van der Waals surface area contributed by atoms with Gasteiger partial charge in [0, 0.05) is 25.0 Å². The Labute approximate surface area is 162 Å². The Morgan fingerprint density at radius 2 is 1.85 bits per heavy atom. The van der Waals surface area contributed by atoms with Gasteiger partial charge in [-0.3, -0.25) is 9.59 Å². The fourth-order valence-electron chi connectivity index (χ4n) is 3.22. The van der Waals surface area contributed by atoms with Crippen LogP contribution in [0.25, 0.3) is 0 Å². The number of rotatable bonds is 6. The second-order valence-corrected chi connectivity index (χ2v) is 7.60. The van der Waals surface area contributed by atoms with Crippen molar-refractivity contribution in [3.8, 4) is 0 Å². The van der Waals surface area contributed by atoms with Gasteiger partial charge in [-0.05, 0) is 24.5 Å². The van der Waals surface area contributed by atoms with Gasteiger partial charge in [0.1, 0.15) is 5.54 Å². The molecule has 1 aliphatic rings. The molecule has 1 aromatic rings. The van der Waals surface area contributed by atoms with Crippen LogP contribution in [0.5, 0.6) is 0 Å². The normalized spacial score (nSPS) is 15.8. The summed E-state index contributed by atoms with van der Waals surface area (Å²) in [5.74, 6) is -1.07. The molecule has 0 radical (unpaired) electrons. The third kappa shape index (κ3) is 5.30. The van der Waals surface area contributed by atoms with Crippen LogP contribution in [0.3, 0.4) is 0 Å². The van der Waals surface area contributed by atoms with Crippen molar-refractivity contribution in [2.75, 3.05) is 13.7 Å². The summed E-state index contributed by atoms with van der Waals surface area (Å²) in [6, 6.07) is 7.64. The Balaban J connectivity index is 1.93. The molecule has 142 valence electrons. The van der Waals surface area contributed by atoms with Gasteiger partial charge < -0.3 is 15.0 Å². The lowest BCUT2D eigenvalue weighted by molar-refractivity contribution is -0.160. The van der Waals surface area contributed by atoms with Gasteiger partial charge in [0.15, 0.2) is 6.61 Å². The zero-order valence-electron chi connectivity index (χ0n) is 15.2. The maximum absolute atomic E-state index is 12.6. The van der Waals surface area contributed by atoms with Gasteiger partial charge >= 0.3 is 5.97 Å². The average molecular weight is 425 g/mol. The number of benzene rings is 1. The molecule has 1 aliphatic carbocycles. The number of hydrogen-bond acceptors (Lipinski definition) is 4. The molecule has 0 saturated heterocycles. The lowest BCUT2D eigenvalue weighted by atomic mass is 9.81. The Hall–Kier alpha value is -1.89. The van der Waals surface area contributed by atoms with Crippen molar-refractivity contribution >= 4 is 33.7 Å². The van der Waals surface area contributed by atoms with Gasteiger partial charge in [0.05, 0.1) is 0 Å². The number of ether oxygens (including phenoxy) is 1. The molecule has 0 bridgehead atoms. The Morgan fingerprint density at radius 1 is 1.19 bits per heavy atom. The summed E-state index contributed by atoms with van der Waals surface area (Å²) >= 11 is 3.45. The van der Waals surface area contributed by atoms with Crippen LogP contribution in [-0.4, -0.2) is 41.9 Å². The lowest BCUT2D eigenvalue weighted by Gasteiger charge is -2.35. The van der Waals surface area contributed by atoms with E-state index in [0.717, 1.165) is 29.3 Å². The number of esters is 1. The number of nitrogens with zero attached hydrogens (tertiary/aromatic N) is 1. The van der Waals surface area contributed by atoms with Gasteiger partial charge in [-0.2, -0.15) is 0 Å². The summed E-state index contributed by atoms with van der Waals surface area (Å²) in [5.41, 5.74) is -0.0255. The predicted molar refractivity (Wildman–Crippen MR) is 101 cm³/mol. The highest BCUT2D eigenvalue weighted by Gasteiger charge is 2.42. The van der Waals surface area contributed by atoms with Crippen molar-refractivity contribution in [2.24, 2.45) is 0 Å². The van der Waals surface area contributed by atoms with Crippen molar-refractivity contribution in [1.82, 2.24) is 10.2 Å². The molecule has 0 heterocycles. The average Bonchev–Trinajstić information content (AvgIpc) is 2.61. The zero-order chi connectivity index (χ0) is 19.2. The zero-order valence-corrected chi connectivity index (χ0v) is 16.8. The maximum Gasteiger partial charge on any atom is 0.332 e. The van der Waals surface area contributed by atoms with Gasteiger partial charge in [0.2, 0.25) is 5.91 Å². The molecule has 0 unspecified atom stereocenters. The number of carbonyl (C=O) groups is 3. The van der Waals surface area contributed by atoms with Crippen LogP contribution in [-0.2, 0) is 25.7 Å². The van der Waals surface area contributed by atoms with E-state index in [1.807, 2.05) is 24.3 Å². The van der Waals surface area contributed by atoms with E-state index in [4.69, 9.17) is 4.74 Å². The van der Waals surface area contributed by atoms with E-state index in [9.17, 15) is 14.4 Å². The van der Waals surface area contributed by atoms with Crippen LogP contribution in [0.1, 0.15) is 44.6 Å². The molecule has 1 saturated carbocycles. The first-order valence-corrected chi connectivity index (χ1v) is 9.57. The summed E-state index contributed by atoms with van der Waals surface area (Å²) in [6.45, 7) is 1.47. The van der Waals surface area contributed by atoms with E-state index in [0.29, 0.717) is 19.4 Å². The number of carbonyl (C=O) groups excluding carboxylic acids is 3. The minimum Gasteiger partial charge on any atom is -0.454 e. The molecule has 6 nitrogen and oxygen atoms in total. The highest BCUT2D eigenvalue weighted by molar-refractivity contribution is 9.10. The minimum absolute atomic E-state index is 0.263. The molecule has 26 heavy (non-hydrogen) atoms. The molecule has 1 aromatic carbocycles. The van der Waals surface area contributed by atoms with Crippen molar-refractivity contribution in [1.29, 1.82) is 0 Å². The second kappa shape index (κ2) is 9.16. The number of hydrogen-bond donors (Lipinski definition) is 1. The minimum atomic E-state index is -0.995. The van der Waals surface area contributed by atoms with E-state index in [1.54, 1.807) is 7.05 Å². The molecule has 0 aromatic heterocycles. The molecule has 0 aliphatic heterocycles. The van der Waals surface area contributed by atoms with Crippen LogP contribution in [0.4, 0.5) is 0 Å². The van der Waals surface area contributed by atoms with E-state index < -0.39 is 11.5 Å². The Bertz CT molecular complexity index is 671. The summed E-state index contributed by atoms with van der Waals surface area (Å²) in [6.07, 6.45) is 3.83. The van der Waals surface area contributed by atoms with Crippen molar-refractivity contribution in [2.45, 2.75) is 51.1 Å². The Kier molecular flexibility index (Phi) is 7.20. The largest absolute Gasteiger partial charge is 0.454 e. The van der Waals surface area contributed by atoms with E-state index in [2.05, 4.69) is 21.2 Å². The molecule has 1 N–H and O–H groups in total. The van der Waals surface area contributed by atoms with Gasteiger partial charge in [-0.15, -0.1) is 0 Å². The molecular formula is C19H25BrN2O4. The molecule has 0 spiro atoms. The van der Waals surface area contributed by atoms with Gasteiger partial charge in [0.25, 0.3) is 5.91 Å². The number of likely N-dealkylation sites (N-methyl/N-ethyl adjacent to an activating group) is 1. The van der Waals surface area contributed by atoms with Crippen LogP contribution in [0, 0.1) is 0 Å². The second-order valence-electron chi connectivity index (χ2n) is 6.74. The first-order valence-electron chi connectivity index (χ1n) is 8.77. The molecule has 2 rings (SSSR count). The summed E-state index contributed by atoms with van der Waals surface area (Å²) in [4.78, 5) is 37.9. The number of nitrogens with one attached hydrogen (secondary N) is 1. The third-order valence-corrected chi connectivity index (χ3v) is 5.40. The van der Waals surface area contributed by atoms with Gasteiger partial charge in [-0.25, -0.2) is 4.79 Å². The van der Waals surface area contributed by atoms with E-state index >= 15 is 0 Å². The van der Waals surface area contributed by atoms with Crippen LogP contribution in [0.15, 0.2) is 28.7 Å². The highest BCUT2D eigenvalue weighted by Crippen LogP contribution is 2.29. The smallest absolute Gasteiger partial charge is 0.332 e. The number of halogens is 1. The van der Waals surface area contributed by atoms with Crippen molar-refractivity contribution in [3.63, 3.8) is 0 Å². The van der Waals surface area contributed by atoms with E-state index in [1.165, 1.54) is 11.8 Å². The topological polar surface area (TPSA) is 75.7 Å². The third-order valence-electron chi connectivity index (χ3n) is 4.63.